The number of piperazine rings is 1. The van der Waals surface area contributed by atoms with E-state index in [-0.39, 0.29) is 17.3 Å². The summed E-state index contributed by atoms with van der Waals surface area (Å²) in [5, 5.41) is 0. The fourth-order valence-corrected chi connectivity index (χ4v) is 3.70. The van der Waals surface area contributed by atoms with E-state index in [9.17, 15) is 13.2 Å². The van der Waals surface area contributed by atoms with Crippen LogP contribution in [0.4, 0.5) is 5.69 Å². The molecule has 0 spiro atoms. The zero-order valence-corrected chi connectivity index (χ0v) is 12.7. The van der Waals surface area contributed by atoms with Gasteiger partial charge in [-0.1, -0.05) is 0 Å². The van der Waals surface area contributed by atoms with Gasteiger partial charge in [-0.15, -0.1) is 0 Å². The number of hydrogen-bond donors (Lipinski definition) is 1. The fourth-order valence-electron chi connectivity index (χ4n) is 1.76. The molecule has 1 aliphatic heterocycles. The molecule has 1 saturated heterocycles. The molecule has 0 aliphatic carbocycles. The van der Waals surface area contributed by atoms with E-state index in [2.05, 4.69) is 15.9 Å². The first-order valence-corrected chi connectivity index (χ1v) is 7.85. The second-order valence-corrected chi connectivity index (χ2v) is 7.13. The summed E-state index contributed by atoms with van der Waals surface area (Å²) in [4.78, 5) is 13.2. The first-order chi connectivity index (χ1) is 8.82. The summed E-state index contributed by atoms with van der Waals surface area (Å²) in [7, 11) is -2.00. The summed E-state index contributed by atoms with van der Waals surface area (Å²) in [5.41, 5.74) is 6.10. The lowest BCUT2D eigenvalue weighted by Gasteiger charge is -2.31. The van der Waals surface area contributed by atoms with Crippen LogP contribution in [0.1, 0.15) is 0 Å². The molecule has 0 radical (unpaired) electrons. The summed E-state index contributed by atoms with van der Waals surface area (Å²) in [5.74, 6) is -0.204. The molecule has 104 valence electrons. The highest BCUT2D eigenvalue weighted by Gasteiger charge is 2.31. The van der Waals surface area contributed by atoms with Crippen LogP contribution in [0.15, 0.2) is 27.6 Å². The molecule has 0 atom stereocenters. The Balaban J connectivity index is 2.32. The lowest BCUT2D eigenvalue weighted by Crippen LogP contribution is -2.50. The highest BCUT2D eigenvalue weighted by Crippen LogP contribution is 2.25. The molecule has 1 aromatic rings. The molecule has 1 amide bonds. The highest BCUT2D eigenvalue weighted by atomic mass is 79.9. The number of anilines is 1. The largest absolute Gasteiger partial charge is 0.398 e. The molecule has 0 saturated carbocycles. The van der Waals surface area contributed by atoms with Crippen LogP contribution in [-0.2, 0) is 14.8 Å². The van der Waals surface area contributed by atoms with Gasteiger partial charge < -0.3 is 10.6 Å². The molecule has 1 aromatic carbocycles. The zero-order chi connectivity index (χ0) is 14.2. The third-order valence-corrected chi connectivity index (χ3v) is 5.56. The third-order valence-electron chi connectivity index (χ3n) is 3.03. The predicted molar refractivity (Wildman–Crippen MR) is 75.0 cm³/mol. The molecular weight excluding hydrogens is 334 g/mol. The summed E-state index contributed by atoms with van der Waals surface area (Å²) >= 11 is 3.20. The van der Waals surface area contributed by atoms with Crippen LogP contribution < -0.4 is 5.73 Å². The van der Waals surface area contributed by atoms with Crippen molar-refractivity contribution in [1.82, 2.24) is 9.21 Å². The van der Waals surface area contributed by atoms with Crippen LogP contribution in [0.25, 0.3) is 0 Å². The first-order valence-electron chi connectivity index (χ1n) is 5.61. The van der Waals surface area contributed by atoms with Crippen LogP contribution in [0.5, 0.6) is 0 Å². The second kappa shape index (κ2) is 5.10. The second-order valence-electron chi connectivity index (χ2n) is 4.34. The van der Waals surface area contributed by atoms with E-state index in [0.717, 1.165) is 0 Å². The number of nitrogens with zero attached hydrogens (tertiary/aromatic N) is 2. The molecule has 2 rings (SSSR count). The van der Waals surface area contributed by atoms with E-state index in [1.807, 2.05) is 0 Å². The van der Waals surface area contributed by atoms with E-state index < -0.39 is 10.0 Å². The molecule has 0 bridgehead atoms. The van der Waals surface area contributed by atoms with Gasteiger partial charge >= 0.3 is 0 Å². The number of likely N-dealkylation sites (N-methyl/N-ethyl adjacent to an activating group) is 1. The summed E-state index contributed by atoms with van der Waals surface area (Å²) in [6, 6.07) is 4.42. The van der Waals surface area contributed by atoms with Gasteiger partial charge in [0.25, 0.3) is 0 Å². The van der Waals surface area contributed by atoms with Crippen molar-refractivity contribution in [2.24, 2.45) is 0 Å². The summed E-state index contributed by atoms with van der Waals surface area (Å²) < 4.78 is 26.5. The number of carbonyl (C=O) groups is 1. The number of hydrogen-bond acceptors (Lipinski definition) is 4. The number of nitrogens with two attached hydrogens (primary N) is 1. The molecule has 8 heteroatoms. The Bertz CT molecular complexity index is 618. The number of carbonyl (C=O) groups excluding carboxylic acids is 1. The smallest absolute Gasteiger partial charge is 0.243 e. The summed E-state index contributed by atoms with van der Waals surface area (Å²) in [6.07, 6.45) is 0. The molecule has 0 unspecified atom stereocenters. The highest BCUT2D eigenvalue weighted by molar-refractivity contribution is 9.10. The van der Waals surface area contributed by atoms with Gasteiger partial charge in [0.1, 0.15) is 0 Å². The number of sulfonamides is 1. The van der Waals surface area contributed by atoms with Crippen molar-refractivity contribution in [3.8, 4) is 0 Å². The molecular formula is C11H14BrN3O3S. The Morgan fingerprint density at radius 2 is 2.00 bits per heavy atom. The van der Waals surface area contributed by atoms with Gasteiger partial charge in [-0.3, -0.25) is 4.79 Å². The van der Waals surface area contributed by atoms with E-state index in [1.54, 1.807) is 7.05 Å². The Labute approximate surface area is 120 Å². The van der Waals surface area contributed by atoms with Gasteiger partial charge in [-0.2, -0.15) is 4.31 Å². The zero-order valence-electron chi connectivity index (χ0n) is 10.3. The van der Waals surface area contributed by atoms with Crippen molar-refractivity contribution in [3.05, 3.63) is 22.7 Å². The van der Waals surface area contributed by atoms with Gasteiger partial charge in [0.15, 0.2) is 0 Å². The Hall–Kier alpha value is -1.12. The Morgan fingerprint density at radius 1 is 1.32 bits per heavy atom. The molecule has 6 nitrogen and oxygen atoms in total. The van der Waals surface area contributed by atoms with Gasteiger partial charge in [-0.25, -0.2) is 8.42 Å². The summed E-state index contributed by atoms with van der Waals surface area (Å²) in [6.45, 7) is 0.571. The molecule has 1 aliphatic rings. The van der Waals surface area contributed by atoms with Crippen LogP contribution in [0, 0.1) is 0 Å². The number of nitrogen functional groups attached to an aromatic ring is 1. The van der Waals surface area contributed by atoms with E-state index >= 15 is 0 Å². The third kappa shape index (κ3) is 2.75. The lowest BCUT2D eigenvalue weighted by molar-refractivity contribution is -0.132. The van der Waals surface area contributed by atoms with Crippen molar-refractivity contribution in [1.29, 1.82) is 0 Å². The van der Waals surface area contributed by atoms with Gasteiger partial charge in [0.2, 0.25) is 15.9 Å². The Kier molecular flexibility index (Phi) is 3.84. The van der Waals surface area contributed by atoms with Crippen molar-refractivity contribution in [3.63, 3.8) is 0 Å². The van der Waals surface area contributed by atoms with E-state index in [4.69, 9.17) is 5.73 Å². The molecule has 1 fully saturated rings. The Morgan fingerprint density at radius 3 is 2.58 bits per heavy atom. The molecule has 19 heavy (non-hydrogen) atoms. The number of halogens is 1. The average Bonchev–Trinajstić information content (AvgIpc) is 2.35. The molecule has 2 N–H and O–H groups in total. The van der Waals surface area contributed by atoms with Gasteiger partial charge in [0.05, 0.1) is 11.4 Å². The van der Waals surface area contributed by atoms with Gasteiger partial charge in [-0.05, 0) is 34.1 Å². The minimum atomic E-state index is -3.66. The average molecular weight is 348 g/mol. The van der Waals surface area contributed by atoms with Crippen LogP contribution >= 0.6 is 15.9 Å². The van der Waals surface area contributed by atoms with Gasteiger partial charge in [0, 0.05) is 30.3 Å². The van der Waals surface area contributed by atoms with E-state index in [0.29, 0.717) is 23.2 Å². The number of amides is 1. The quantitative estimate of drug-likeness (QED) is 0.789. The predicted octanol–water partition coefficient (Wildman–Crippen LogP) is 0.494. The van der Waals surface area contributed by atoms with Crippen molar-refractivity contribution < 1.29 is 13.2 Å². The molecule has 1 heterocycles. The minimum Gasteiger partial charge on any atom is -0.398 e. The fraction of sp³-hybridized carbons (Fsp3) is 0.364. The maximum Gasteiger partial charge on any atom is 0.243 e. The monoisotopic (exact) mass is 347 g/mol. The molecule has 0 aromatic heterocycles. The number of benzene rings is 1. The lowest BCUT2D eigenvalue weighted by atomic mass is 10.3. The maximum atomic E-state index is 12.4. The van der Waals surface area contributed by atoms with Crippen LogP contribution in [-0.4, -0.2) is 50.2 Å². The normalized spacial score (nSPS) is 17.8. The first kappa shape index (κ1) is 14.3. The standard InChI is InChI=1S/C11H14BrN3O3S/c1-14-4-5-15(7-11(14)16)19(17,18)8-2-3-10(13)9(12)6-8/h2-3,6H,4-5,7,13H2,1H3. The van der Waals surface area contributed by atoms with Crippen molar-refractivity contribution in [2.75, 3.05) is 32.4 Å². The topological polar surface area (TPSA) is 83.7 Å². The van der Waals surface area contributed by atoms with Crippen molar-refractivity contribution in [2.45, 2.75) is 4.90 Å². The SMILES string of the molecule is CN1CCN(S(=O)(=O)c2ccc(N)c(Br)c2)CC1=O. The van der Waals surface area contributed by atoms with Crippen LogP contribution in [0.3, 0.4) is 0 Å². The van der Waals surface area contributed by atoms with Crippen LogP contribution in [0.2, 0.25) is 0 Å². The number of rotatable bonds is 2. The van der Waals surface area contributed by atoms with Crippen molar-refractivity contribution >= 4 is 37.5 Å². The minimum absolute atomic E-state index is 0.124. The maximum absolute atomic E-state index is 12.4. The van der Waals surface area contributed by atoms with E-state index in [1.165, 1.54) is 27.4 Å².